The normalized spacial score (nSPS) is 26.3. The van der Waals surface area contributed by atoms with Crippen LogP contribution in [0.1, 0.15) is 43.5 Å². The molecular weight excluding hydrogens is 540 g/mol. The second-order valence-corrected chi connectivity index (χ2v) is 14.0. The van der Waals surface area contributed by atoms with Crippen LogP contribution in [-0.2, 0) is 16.8 Å². The number of anilines is 3. The van der Waals surface area contributed by atoms with Crippen molar-refractivity contribution < 1.29 is 8.42 Å². The van der Waals surface area contributed by atoms with Crippen LogP contribution in [0.2, 0.25) is 0 Å². The maximum atomic E-state index is 13.3. The number of pyridine rings is 2. The third kappa shape index (κ3) is 5.41. The van der Waals surface area contributed by atoms with E-state index < -0.39 is 10.2 Å². The highest BCUT2D eigenvalue weighted by Gasteiger charge is 2.49. The Bertz CT molecular complexity index is 1500. The van der Waals surface area contributed by atoms with E-state index in [-0.39, 0.29) is 18.1 Å². The number of likely N-dealkylation sites (N-methyl/N-ethyl adjacent to an activating group) is 1. The maximum absolute atomic E-state index is 13.3. The summed E-state index contributed by atoms with van der Waals surface area (Å²) in [6.07, 6.45) is 4.34. The molecule has 3 aromatic rings. The van der Waals surface area contributed by atoms with Crippen molar-refractivity contribution in [3.8, 4) is 0 Å². The molecule has 0 aromatic carbocycles. The zero-order valence-corrected chi connectivity index (χ0v) is 24.7. The fourth-order valence-electron chi connectivity index (χ4n) is 6.75. The van der Waals surface area contributed by atoms with E-state index in [1.807, 2.05) is 23.4 Å². The number of hydrogen-bond acceptors (Lipinski definition) is 9. The summed E-state index contributed by atoms with van der Waals surface area (Å²) >= 11 is 0. The van der Waals surface area contributed by atoms with Crippen LogP contribution in [0.25, 0.3) is 10.9 Å². The lowest BCUT2D eigenvalue weighted by atomic mass is 9.99. The van der Waals surface area contributed by atoms with Gasteiger partial charge in [-0.1, -0.05) is 0 Å². The topological polar surface area (TPSA) is 126 Å². The number of piperazine rings is 1. The average molecular weight is 581 g/mol. The molecule has 0 saturated carbocycles. The summed E-state index contributed by atoms with van der Waals surface area (Å²) in [7, 11) is -1.20. The molecule has 0 aliphatic carbocycles. The van der Waals surface area contributed by atoms with E-state index in [1.54, 1.807) is 4.31 Å². The van der Waals surface area contributed by atoms with Crippen LogP contribution in [-0.4, -0.2) is 111 Å². The Labute approximate surface area is 241 Å². The minimum Gasteiger partial charge on any atom is -0.367 e. The molecule has 2 bridgehead atoms. The van der Waals surface area contributed by atoms with Gasteiger partial charge in [0, 0.05) is 87.2 Å². The molecule has 4 aliphatic rings. The van der Waals surface area contributed by atoms with Gasteiger partial charge in [0.1, 0.15) is 11.6 Å². The highest BCUT2D eigenvalue weighted by atomic mass is 32.2. The zero-order valence-electron chi connectivity index (χ0n) is 23.9. The smallest absolute Gasteiger partial charge is 0.282 e. The number of nitrogens with zero attached hydrogens (tertiary/aromatic N) is 7. The third-order valence-electron chi connectivity index (χ3n) is 9.10. The molecule has 0 radical (unpaired) electrons. The van der Waals surface area contributed by atoms with Crippen molar-refractivity contribution in [2.75, 3.05) is 56.9 Å². The van der Waals surface area contributed by atoms with E-state index in [9.17, 15) is 8.42 Å². The molecule has 13 heteroatoms. The Kier molecular flexibility index (Phi) is 7.10. The van der Waals surface area contributed by atoms with Crippen LogP contribution >= 0.6 is 0 Å². The predicted molar refractivity (Wildman–Crippen MR) is 159 cm³/mol. The van der Waals surface area contributed by atoms with E-state index in [0.717, 1.165) is 92.9 Å². The highest BCUT2D eigenvalue weighted by molar-refractivity contribution is 7.86. The largest absolute Gasteiger partial charge is 0.367 e. The van der Waals surface area contributed by atoms with Crippen molar-refractivity contribution in [3.05, 3.63) is 35.7 Å². The molecule has 7 heterocycles. The standard InChI is InChI=1S/C28H40N10O2S/c1-19-14-27(34-33-19)31-26-17-25-24(7-4-20(29-25)18-36-12-10-35(2)11-13-36)28(32-26)30-21-15-22-5-6-23(16-21)38(22)41(39,40)37-8-3-9-37/h4,7,14,17,21-23H,3,5-6,8-13,15-16,18H2,1-2H3,(H3,30,31,32,33,34)/t21?,22-,23+. The van der Waals surface area contributed by atoms with E-state index >= 15 is 0 Å². The number of aromatic amines is 1. The van der Waals surface area contributed by atoms with Crippen LogP contribution < -0.4 is 10.6 Å². The maximum Gasteiger partial charge on any atom is 0.282 e. The summed E-state index contributed by atoms with van der Waals surface area (Å²) in [6.45, 7) is 8.31. The molecule has 3 atom stereocenters. The fraction of sp³-hybridized carbons (Fsp3) is 0.607. The fourth-order valence-corrected chi connectivity index (χ4v) is 8.88. The Morgan fingerprint density at radius 1 is 0.976 bits per heavy atom. The number of aryl methyl sites for hydroxylation is 1. The molecule has 220 valence electrons. The molecule has 4 fully saturated rings. The van der Waals surface area contributed by atoms with Crippen molar-refractivity contribution in [1.29, 1.82) is 0 Å². The van der Waals surface area contributed by atoms with Gasteiger partial charge in [0.15, 0.2) is 5.82 Å². The number of rotatable bonds is 8. The van der Waals surface area contributed by atoms with E-state index in [1.165, 1.54) is 0 Å². The molecule has 1 unspecified atom stereocenters. The van der Waals surface area contributed by atoms with Gasteiger partial charge >= 0.3 is 0 Å². The van der Waals surface area contributed by atoms with Gasteiger partial charge in [-0.05, 0) is 58.2 Å². The van der Waals surface area contributed by atoms with Crippen molar-refractivity contribution in [1.82, 2.24) is 38.6 Å². The summed E-state index contributed by atoms with van der Waals surface area (Å²) in [5, 5.41) is 15.3. The Hall–Kier alpha value is -2.84. The summed E-state index contributed by atoms with van der Waals surface area (Å²) in [5.41, 5.74) is 2.89. The van der Waals surface area contributed by atoms with Crippen LogP contribution in [0.4, 0.5) is 17.5 Å². The van der Waals surface area contributed by atoms with Gasteiger partial charge in [0.05, 0.1) is 11.2 Å². The van der Waals surface area contributed by atoms with E-state index in [4.69, 9.17) is 9.97 Å². The molecule has 3 N–H and O–H groups in total. The van der Waals surface area contributed by atoms with Crippen molar-refractivity contribution in [3.63, 3.8) is 0 Å². The SMILES string of the molecule is Cc1cc(Nc2cc3nc(CN4CCN(C)CC4)ccc3c(NC3C[C@H]4CC[C@@H](C3)N4S(=O)(=O)N3CCC3)n2)n[nH]1. The number of fused-ring (bicyclic) bond motifs is 3. The predicted octanol–water partition coefficient (Wildman–Crippen LogP) is 2.51. The quantitative estimate of drug-likeness (QED) is 0.369. The Morgan fingerprint density at radius 2 is 1.73 bits per heavy atom. The summed E-state index contributed by atoms with van der Waals surface area (Å²) in [5.74, 6) is 2.16. The lowest BCUT2D eigenvalue weighted by molar-refractivity contribution is 0.147. The molecule has 12 nitrogen and oxygen atoms in total. The van der Waals surface area contributed by atoms with Gasteiger partial charge in [0.25, 0.3) is 10.2 Å². The first-order chi connectivity index (χ1) is 19.8. The van der Waals surface area contributed by atoms with Crippen LogP contribution in [0, 0.1) is 6.92 Å². The van der Waals surface area contributed by atoms with Crippen LogP contribution in [0.3, 0.4) is 0 Å². The lowest BCUT2D eigenvalue weighted by Gasteiger charge is -2.42. The van der Waals surface area contributed by atoms with Crippen LogP contribution in [0.5, 0.6) is 0 Å². The zero-order chi connectivity index (χ0) is 28.1. The van der Waals surface area contributed by atoms with Crippen molar-refractivity contribution >= 4 is 38.6 Å². The molecule has 4 saturated heterocycles. The van der Waals surface area contributed by atoms with Crippen LogP contribution in [0.15, 0.2) is 24.3 Å². The van der Waals surface area contributed by atoms with Gasteiger partial charge < -0.3 is 15.5 Å². The summed E-state index contributed by atoms with van der Waals surface area (Å²) in [6, 6.07) is 8.38. The third-order valence-corrected chi connectivity index (χ3v) is 11.2. The summed E-state index contributed by atoms with van der Waals surface area (Å²) in [4.78, 5) is 14.9. The van der Waals surface area contributed by atoms with Crippen molar-refractivity contribution in [2.24, 2.45) is 0 Å². The van der Waals surface area contributed by atoms with Gasteiger partial charge in [-0.3, -0.25) is 15.0 Å². The molecule has 7 rings (SSSR count). The lowest BCUT2D eigenvalue weighted by Crippen LogP contribution is -2.57. The number of aromatic nitrogens is 4. The first kappa shape index (κ1) is 27.0. The molecular formula is C28H40N10O2S. The molecule has 0 amide bonds. The Morgan fingerprint density at radius 3 is 2.39 bits per heavy atom. The molecule has 4 aliphatic heterocycles. The van der Waals surface area contributed by atoms with Gasteiger partial charge in [0.2, 0.25) is 0 Å². The second kappa shape index (κ2) is 10.8. The summed E-state index contributed by atoms with van der Waals surface area (Å²) < 4.78 is 30.0. The Balaban J connectivity index is 1.15. The molecule has 0 spiro atoms. The first-order valence-corrected chi connectivity index (χ1v) is 16.3. The minimum atomic E-state index is -3.36. The average Bonchev–Trinajstić information content (AvgIpc) is 3.44. The highest BCUT2D eigenvalue weighted by Crippen LogP contribution is 2.41. The van der Waals surface area contributed by atoms with Crippen molar-refractivity contribution in [2.45, 2.75) is 63.7 Å². The monoisotopic (exact) mass is 580 g/mol. The van der Waals surface area contributed by atoms with E-state index in [2.05, 4.69) is 49.8 Å². The molecule has 41 heavy (non-hydrogen) atoms. The van der Waals surface area contributed by atoms with E-state index in [0.29, 0.717) is 24.7 Å². The van der Waals surface area contributed by atoms with Gasteiger partial charge in [-0.25, -0.2) is 4.98 Å². The number of hydrogen-bond donors (Lipinski definition) is 3. The second-order valence-electron chi connectivity index (χ2n) is 12.2. The number of H-pyrrole nitrogens is 1. The van der Waals surface area contributed by atoms with Gasteiger partial charge in [-0.2, -0.15) is 22.1 Å². The molecule has 3 aromatic heterocycles. The van der Waals surface area contributed by atoms with Gasteiger partial charge in [-0.15, -0.1) is 0 Å². The number of piperidine rings is 1. The first-order valence-electron chi connectivity index (χ1n) is 14.9. The number of nitrogens with one attached hydrogen (secondary N) is 3. The minimum absolute atomic E-state index is 0.0322.